The van der Waals surface area contributed by atoms with Crippen LogP contribution in [0.15, 0.2) is 77.3 Å². The van der Waals surface area contributed by atoms with E-state index in [0.29, 0.717) is 5.69 Å². The fraction of sp³-hybridized carbons (Fsp3) is 0.290. The molecule has 0 unspecified atom stereocenters. The van der Waals surface area contributed by atoms with Crippen LogP contribution in [-0.4, -0.2) is 41.2 Å². The van der Waals surface area contributed by atoms with Gasteiger partial charge in [-0.1, -0.05) is 78.3 Å². The quantitative estimate of drug-likeness (QED) is 0.329. The van der Waals surface area contributed by atoms with E-state index in [-0.39, 0.29) is 23.7 Å². The first-order valence-corrected chi connectivity index (χ1v) is 13.8. The van der Waals surface area contributed by atoms with Gasteiger partial charge in [-0.15, -0.1) is 0 Å². The molecule has 0 spiro atoms. The molecule has 3 atom stereocenters. The Hall–Kier alpha value is -3.78. The smallest absolute Gasteiger partial charge is 0.330 e. The Bertz CT molecular complexity index is 1390. The fourth-order valence-corrected chi connectivity index (χ4v) is 6.87. The van der Waals surface area contributed by atoms with E-state index in [4.69, 9.17) is 4.74 Å². The van der Waals surface area contributed by atoms with Gasteiger partial charge in [0.25, 0.3) is 5.91 Å². The van der Waals surface area contributed by atoms with Crippen LogP contribution in [0.1, 0.15) is 47.9 Å². The second-order valence-electron chi connectivity index (χ2n) is 10.7. The highest BCUT2D eigenvalue weighted by Gasteiger charge is 2.63. The van der Waals surface area contributed by atoms with Crippen LogP contribution in [0, 0.1) is 17.8 Å². The highest BCUT2D eigenvalue weighted by atomic mass is 79.9. The van der Waals surface area contributed by atoms with E-state index in [1.165, 1.54) is 0 Å². The van der Waals surface area contributed by atoms with E-state index in [0.717, 1.165) is 31.6 Å². The molecule has 1 fully saturated rings. The number of rotatable bonds is 6. The molecular weight excluding hydrogens is 560 g/mol. The van der Waals surface area contributed by atoms with Gasteiger partial charge in [-0.05, 0) is 52.4 Å². The Morgan fingerprint density at radius 1 is 0.821 bits per heavy atom. The van der Waals surface area contributed by atoms with Crippen LogP contribution < -0.4 is 5.32 Å². The Morgan fingerprint density at radius 2 is 1.28 bits per heavy atom. The standard InChI is InChI=1S/C31H27BrN2O5/c1-16(2)28(31(38)39-15-23(35)33-18-13-11-17(32)12-14-18)34-29(36)26-24-19-7-3-4-8-20(19)25(27(26)30(34)37)22-10-6-5-9-21(22)24/h3-14,16,24-28H,15H2,1-2H3,(H,33,35)/t24?,25?,26-,27-,28+/m0/s1. The van der Waals surface area contributed by atoms with Gasteiger partial charge in [-0.25, -0.2) is 4.79 Å². The minimum absolute atomic E-state index is 0.255. The van der Waals surface area contributed by atoms with E-state index in [1.807, 2.05) is 48.5 Å². The minimum Gasteiger partial charge on any atom is -0.454 e. The number of carbonyl (C=O) groups excluding carboxylic acids is 4. The average Bonchev–Trinajstić information content (AvgIpc) is 3.19. The number of ether oxygens (including phenoxy) is 1. The number of nitrogens with zero attached hydrogens (tertiary/aromatic N) is 1. The van der Waals surface area contributed by atoms with Crippen LogP contribution >= 0.6 is 15.9 Å². The normalized spacial score (nSPS) is 23.2. The predicted molar refractivity (Wildman–Crippen MR) is 148 cm³/mol. The molecule has 0 aromatic heterocycles. The van der Waals surface area contributed by atoms with Crippen molar-refractivity contribution in [2.24, 2.45) is 17.8 Å². The molecule has 4 aliphatic rings. The Balaban J connectivity index is 1.26. The maximum Gasteiger partial charge on any atom is 0.330 e. The summed E-state index contributed by atoms with van der Waals surface area (Å²) in [5.41, 5.74) is 4.83. The van der Waals surface area contributed by atoms with Gasteiger partial charge in [0.05, 0.1) is 11.8 Å². The average molecular weight is 587 g/mol. The molecule has 7 rings (SSSR count). The number of hydrogen-bond donors (Lipinski definition) is 1. The van der Waals surface area contributed by atoms with Crippen molar-refractivity contribution in [3.05, 3.63) is 99.5 Å². The largest absolute Gasteiger partial charge is 0.454 e. The van der Waals surface area contributed by atoms with Gasteiger partial charge >= 0.3 is 5.97 Å². The summed E-state index contributed by atoms with van der Waals surface area (Å²) in [5, 5.41) is 2.68. The molecule has 39 heavy (non-hydrogen) atoms. The number of hydrogen-bond acceptors (Lipinski definition) is 5. The maximum atomic E-state index is 14.0. The number of imide groups is 1. The van der Waals surface area contributed by atoms with Crippen molar-refractivity contribution in [1.29, 1.82) is 0 Å². The van der Waals surface area contributed by atoms with E-state index in [9.17, 15) is 19.2 Å². The zero-order chi connectivity index (χ0) is 27.4. The molecule has 8 heteroatoms. The Morgan fingerprint density at radius 3 is 1.72 bits per heavy atom. The van der Waals surface area contributed by atoms with E-state index in [2.05, 4.69) is 21.2 Å². The molecule has 1 N–H and O–H groups in total. The summed E-state index contributed by atoms with van der Waals surface area (Å²) in [6.07, 6.45) is 0. The third kappa shape index (κ3) is 4.09. The first-order valence-electron chi connectivity index (χ1n) is 13.0. The van der Waals surface area contributed by atoms with Crippen LogP contribution in [0.4, 0.5) is 5.69 Å². The molecule has 0 saturated carbocycles. The van der Waals surface area contributed by atoms with Gasteiger partial charge in [-0.3, -0.25) is 19.3 Å². The summed E-state index contributed by atoms with van der Waals surface area (Å²) in [4.78, 5) is 55.0. The van der Waals surface area contributed by atoms with Crippen molar-refractivity contribution in [3.63, 3.8) is 0 Å². The van der Waals surface area contributed by atoms with Crippen molar-refractivity contribution in [2.45, 2.75) is 31.7 Å². The topological polar surface area (TPSA) is 92.8 Å². The summed E-state index contributed by atoms with van der Waals surface area (Å²) < 4.78 is 6.24. The fourth-order valence-electron chi connectivity index (χ4n) is 6.60. The second-order valence-corrected chi connectivity index (χ2v) is 11.6. The highest BCUT2D eigenvalue weighted by molar-refractivity contribution is 9.10. The molecular formula is C31H27BrN2O5. The SMILES string of the molecule is CC(C)[C@H](C(=O)OCC(=O)Nc1ccc(Br)cc1)N1C(=O)[C@H]2C3c4ccccc4C(c4ccccc43)[C@@H]2C1=O. The molecule has 1 heterocycles. The Labute approximate surface area is 234 Å². The zero-order valence-electron chi connectivity index (χ0n) is 21.5. The lowest BCUT2D eigenvalue weighted by Crippen LogP contribution is -2.49. The van der Waals surface area contributed by atoms with Crippen molar-refractivity contribution >= 4 is 45.3 Å². The number of anilines is 1. The summed E-state index contributed by atoms with van der Waals surface area (Å²) in [6.45, 7) is 3.02. The molecule has 1 aliphatic heterocycles. The number of carbonyl (C=O) groups is 4. The predicted octanol–water partition coefficient (Wildman–Crippen LogP) is 4.85. The van der Waals surface area contributed by atoms with Crippen molar-refractivity contribution in [2.75, 3.05) is 11.9 Å². The molecule has 2 bridgehead atoms. The lowest BCUT2D eigenvalue weighted by molar-refractivity contribution is -0.162. The zero-order valence-corrected chi connectivity index (χ0v) is 23.1. The molecule has 3 aromatic carbocycles. The highest BCUT2D eigenvalue weighted by Crippen LogP contribution is 2.61. The monoisotopic (exact) mass is 586 g/mol. The third-order valence-electron chi connectivity index (χ3n) is 8.11. The maximum absolute atomic E-state index is 14.0. The first kappa shape index (κ1) is 25.5. The molecule has 0 radical (unpaired) electrons. The lowest BCUT2D eigenvalue weighted by Gasteiger charge is -2.45. The summed E-state index contributed by atoms with van der Waals surface area (Å²) in [6, 6.07) is 21.9. The molecule has 198 valence electrons. The van der Waals surface area contributed by atoms with Crippen molar-refractivity contribution < 1.29 is 23.9 Å². The van der Waals surface area contributed by atoms with Gasteiger partial charge in [0.15, 0.2) is 6.61 Å². The number of benzene rings is 3. The van der Waals surface area contributed by atoms with Gasteiger partial charge in [0.1, 0.15) is 6.04 Å². The first-order chi connectivity index (χ1) is 18.8. The van der Waals surface area contributed by atoms with Gasteiger partial charge in [0.2, 0.25) is 11.8 Å². The van der Waals surface area contributed by atoms with Crippen LogP contribution in [0.3, 0.4) is 0 Å². The molecule has 3 aromatic rings. The van der Waals surface area contributed by atoms with E-state index in [1.54, 1.807) is 38.1 Å². The lowest BCUT2D eigenvalue weighted by atomic mass is 9.55. The summed E-state index contributed by atoms with van der Waals surface area (Å²) in [7, 11) is 0. The molecule has 3 amide bonds. The second kappa shape index (κ2) is 9.75. The molecule has 1 saturated heterocycles. The minimum atomic E-state index is -1.12. The van der Waals surface area contributed by atoms with Gasteiger partial charge in [-0.2, -0.15) is 0 Å². The third-order valence-corrected chi connectivity index (χ3v) is 8.64. The Kier molecular flexibility index (Phi) is 6.38. The summed E-state index contributed by atoms with van der Waals surface area (Å²) in [5.74, 6) is -4.04. The van der Waals surface area contributed by atoms with Crippen molar-refractivity contribution in [1.82, 2.24) is 4.90 Å². The molecule has 3 aliphatic carbocycles. The van der Waals surface area contributed by atoms with Gasteiger partial charge < -0.3 is 10.1 Å². The molecule has 7 nitrogen and oxygen atoms in total. The number of esters is 1. The van der Waals surface area contributed by atoms with E-state index >= 15 is 0 Å². The van der Waals surface area contributed by atoms with Crippen LogP contribution in [-0.2, 0) is 23.9 Å². The number of halogens is 1. The number of amides is 3. The van der Waals surface area contributed by atoms with Crippen LogP contribution in [0.2, 0.25) is 0 Å². The summed E-state index contributed by atoms with van der Waals surface area (Å²) >= 11 is 3.34. The van der Waals surface area contributed by atoms with Gasteiger partial charge in [0, 0.05) is 22.0 Å². The van der Waals surface area contributed by atoms with Crippen LogP contribution in [0.25, 0.3) is 0 Å². The van der Waals surface area contributed by atoms with Crippen LogP contribution in [0.5, 0.6) is 0 Å². The van der Waals surface area contributed by atoms with E-state index < -0.39 is 42.3 Å². The van der Waals surface area contributed by atoms with Crippen molar-refractivity contribution in [3.8, 4) is 0 Å². The number of nitrogens with one attached hydrogen (secondary N) is 1. The number of likely N-dealkylation sites (tertiary alicyclic amines) is 1.